The Morgan fingerprint density at radius 2 is 2.00 bits per heavy atom. The second-order valence-electron chi connectivity index (χ2n) is 5.44. The van der Waals surface area contributed by atoms with Crippen LogP contribution in [-0.4, -0.2) is 46.2 Å². The maximum atomic E-state index is 12.0. The Kier molecular flexibility index (Phi) is 5.44. The van der Waals surface area contributed by atoms with Gasteiger partial charge in [-0.15, -0.1) is 0 Å². The third kappa shape index (κ3) is 3.90. The van der Waals surface area contributed by atoms with Crippen LogP contribution < -0.4 is 5.69 Å². The minimum absolute atomic E-state index is 0.270. The molecule has 0 amide bonds. The van der Waals surface area contributed by atoms with Crippen molar-refractivity contribution in [2.45, 2.75) is 33.7 Å². The van der Waals surface area contributed by atoms with E-state index in [4.69, 9.17) is 5.11 Å². The maximum absolute atomic E-state index is 12.0. The minimum atomic E-state index is -0.838. The predicted octanol–water partition coefficient (Wildman–Crippen LogP) is 0.685. The van der Waals surface area contributed by atoms with E-state index < -0.39 is 11.9 Å². The van der Waals surface area contributed by atoms with Crippen molar-refractivity contribution in [3.05, 3.63) is 27.4 Å². The van der Waals surface area contributed by atoms with Crippen LogP contribution in [0.3, 0.4) is 0 Å². The van der Waals surface area contributed by atoms with Crippen molar-refractivity contribution in [1.29, 1.82) is 0 Å². The quantitative estimate of drug-likeness (QED) is 0.830. The fraction of sp³-hybridized carbons (Fsp3) is 0.643. The fourth-order valence-corrected chi connectivity index (χ4v) is 2.09. The van der Waals surface area contributed by atoms with Crippen LogP contribution in [0.5, 0.6) is 0 Å². The van der Waals surface area contributed by atoms with E-state index in [2.05, 4.69) is 4.98 Å². The molecular formula is C14H23N3O3. The Hall–Kier alpha value is -1.69. The van der Waals surface area contributed by atoms with Crippen molar-refractivity contribution in [2.24, 2.45) is 5.92 Å². The zero-order chi connectivity index (χ0) is 15.4. The molecule has 0 saturated heterocycles. The third-order valence-corrected chi connectivity index (χ3v) is 3.48. The van der Waals surface area contributed by atoms with Gasteiger partial charge in [0.25, 0.3) is 0 Å². The molecule has 1 N–H and O–H groups in total. The summed E-state index contributed by atoms with van der Waals surface area (Å²) in [5.41, 5.74) is 2.03. The number of nitrogens with zero attached hydrogens (tertiary/aromatic N) is 3. The molecular weight excluding hydrogens is 258 g/mol. The number of aromatic nitrogens is 2. The molecule has 0 aliphatic rings. The number of carboxylic acids is 1. The smallest absolute Gasteiger partial charge is 0.348 e. The molecule has 1 atom stereocenters. The average Bonchev–Trinajstić information content (AvgIpc) is 2.33. The van der Waals surface area contributed by atoms with Crippen LogP contribution >= 0.6 is 0 Å². The lowest BCUT2D eigenvalue weighted by Crippen LogP contribution is -2.32. The largest absolute Gasteiger partial charge is 0.481 e. The summed E-state index contributed by atoms with van der Waals surface area (Å²) in [6.45, 7) is 6.57. The van der Waals surface area contributed by atoms with Gasteiger partial charge in [-0.25, -0.2) is 4.79 Å². The van der Waals surface area contributed by atoms with E-state index in [1.165, 1.54) is 0 Å². The summed E-state index contributed by atoms with van der Waals surface area (Å²) in [4.78, 5) is 29.0. The Morgan fingerprint density at radius 3 is 2.50 bits per heavy atom. The highest BCUT2D eigenvalue weighted by atomic mass is 16.4. The Bertz CT molecular complexity index is 549. The van der Waals surface area contributed by atoms with Crippen LogP contribution in [-0.2, 0) is 17.8 Å². The van der Waals surface area contributed by atoms with E-state index in [0.29, 0.717) is 18.7 Å². The van der Waals surface area contributed by atoms with E-state index >= 15 is 0 Å². The molecule has 6 heteroatoms. The topological polar surface area (TPSA) is 75.4 Å². The van der Waals surface area contributed by atoms with Crippen LogP contribution in [0.15, 0.2) is 4.79 Å². The van der Waals surface area contributed by atoms with Crippen LogP contribution in [0.25, 0.3) is 0 Å². The van der Waals surface area contributed by atoms with Crippen molar-refractivity contribution in [1.82, 2.24) is 14.5 Å². The first kappa shape index (κ1) is 16.4. The fourth-order valence-electron chi connectivity index (χ4n) is 2.09. The SMILES string of the molecule is Cc1nc(=O)n(CCN(C)C)c(C)c1CC(C)C(=O)O. The lowest BCUT2D eigenvalue weighted by Gasteiger charge is -2.18. The number of aryl methyl sites for hydroxylation is 1. The number of carbonyl (C=O) groups is 1. The molecule has 0 aliphatic carbocycles. The van der Waals surface area contributed by atoms with Crippen LogP contribution in [0.4, 0.5) is 0 Å². The van der Waals surface area contributed by atoms with Gasteiger partial charge in [0.1, 0.15) is 0 Å². The first-order valence-corrected chi connectivity index (χ1v) is 6.68. The summed E-state index contributed by atoms with van der Waals surface area (Å²) in [5.74, 6) is -1.33. The first-order valence-electron chi connectivity index (χ1n) is 6.68. The van der Waals surface area contributed by atoms with Crippen LogP contribution in [0, 0.1) is 19.8 Å². The van der Waals surface area contributed by atoms with Gasteiger partial charge in [0.2, 0.25) is 0 Å². The van der Waals surface area contributed by atoms with E-state index in [1.54, 1.807) is 18.4 Å². The van der Waals surface area contributed by atoms with Gasteiger partial charge < -0.3 is 10.0 Å². The molecule has 0 fully saturated rings. The van der Waals surface area contributed by atoms with Gasteiger partial charge in [-0.3, -0.25) is 9.36 Å². The zero-order valence-corrected chi connectivity index (χ0v) is 12.8. The average molecular weight is 281 g/mol. The number of rotatable bonds is 6. The molecule has 0 spiro atoms. The highest BCUT2D eigenvalue weighted by Gasteiger charge is 2.18. The highest BCUT2D eigenvalue weighted by molar-refractivity contribution is 5.70. The molecule has 0 radical (unpaired) electrons. The number of likely N-dealkylation sites (N-methyl/N-ethyl adjacent to an activating group) is 1. The van der Waals surface area contributed by atoms with Crippen molar-refractivity contribution < 1.29 is 9.90 Å². The number of hydrogen-bond donors (Lipinski definition) is 1. The zero-order valence-electron chi connectivity index (χ0n) is 12.8. The Labute approximate surface area is 119 Å². The molecule has 0 aromatic carbocycles. The minimum Gasteiger partial charge on any atom is -0.481 e. The lowest BCUT2D eigenvalue weighted by atomic mass is 9.99. The summed E-state index contributed by atoms with van der Waals surface area (Å²) in [5, 5.41) is 9.03. The second kappa shape index (κ2) is 6.65. The summed E-state index contributed by atoms with van der Waals surface area (Å²) < 4.78 is 1.62. The summed E-state index contributed by atoms with van der Waals surface area (Å²) in [6.07, 6.45) is 0.391. The van der Waals surface area contributed by atoms with Crippen molar-refractivity contribution >= 4 is 5.97 Å². The summed E-state index contributed by atoms with van der Waals surface area (Å²) in [6, 6.07) is 0. The first-order chi connectivity index (χ1) is 9.23. The second-order valence-corrected chi connectivity index (χ2v) is 5.44. The molecule has 1 heterocycles. The number of carboxylic acid groups (broad SMARTS) is 1. The van der Waals surface area contributed by atoms with Gasteiger partial charge in [-0.2, -0.15) is 4.98 Å². The number of aliphatic carboxylic acids is 1. The molecule has 6 nitrogen and oxygen atoms in total. The highest BCUT2D eigenvalue weighted by Crippen LogP contribution is 2.15. The molecule has 0 saturated carbocycles. The van der Waals surface area contributed by atoms with Gasteiger partial charge in [-0.1, -0.05) is 6.92 Å². The van der Waals surface area contributed by atoms with Gasteiger partial charge in [0, 0.05) is 24.5 Å². The predicted molar refractivity (Wildman–Crippen MR) is 77.0 cm³/mol. The van der Waals surface area contributed by atoms with E-state index in [9.17, 15) is 9.59 Å². The third-order valence-electron chi connectivity index (χ3n) is 3.48. The van der Waals surface area contributed by atoms with Gasteiger partial charge in [-0.05, 0) is 39.9 Å². The van der Waals surface area contributed by atoms with Crippen molar-refractivity contribution in [3.63, 3.8) is 0 Å². The summed E-state index contributed by atoms with van der Waals surface area (Å²) in [7, 11) is 3.88. The molecule has 1 aromatic heterocycles. The van der Waals surface area contributed by atoms with Crippen molar-refractivity contribution in [2.75, 3.05) is 20.6 Å². The van der Waals surface area contributed by atoms with Crippen LogP contribution in [0.1, 0.15) is 23.9 Å². The number of hydrogen-bond acceptors (Lipinski definition) is 4. The molecule has 0 aliphatic heterocycles. The van der Waals surface area contributed by atoms with Crippen LogP contribution in [0.2, 0.25) is 0 Å². The molecule has 1 aromatic rings. The van der Waals surface area contributed by atoms with Gasteiger partial charge in [0.05, 0.1) is 5.92 Å². The monoisotopic (exact) mass is 281 g/mol. The Morgan fingerprint density at radius 1 is 1.40 bits per heavy atom. The van der Waals surface area contributed by atoms with E-state index in [-0.39, 0.29) is 5.69 Å². The molecule has 112 valence electrons. The molecule has 1 rings (SSSR count). The summed E-state index contributed by atoms with van der Waals surface area (Å²) >= 11 is 0. The maximum Gasteiger partial charge on any atom is 0.348 e. The normalized spacial score (nSPS) is 12.7. The molecule has 20 heavy (non-hydrogen) atoms. The van der Waals surface area contributed by atoms with E-state index in [0.717, 1.165) is 17.8 Å². The van der Waals surface area contributed by atoms with E-state index in [1.807, 2.05) is 25.9 Å². The Balaban J connectivity index is 3.15. The lowest BCUT2D eigenvalue weighted by molar-refractivity contribution is -0.141. The standard InChI is InChI=1S/C14H23N3O3/c1-9(13(18)19)8-12-10(2)15-14(20)17(11(12)3)7-6-16(4)5/h9H,6-8H2,1-5H3,(H,18,19). The molecule has 0 bridgehead atoms. The van der Waals surface area contributed by atoms with Gasteiger partial charge >= 0.3 is 11.7 Å². The molecule has 1 unspecified atom stereocenters. The van der Waals surface area contributed by atoms with Crippen molar-refractivity contribution in [3.8, 4) is 0 Å². The van der Waals surface area contributed by atoms with Gasteiger partial charge in [0.15, 0.2) is 0 Å².